The molecule has 0 unspecified atom stereocenters. The Hall–Kier alpha value is 1.31. The van der Waals surface area contributed by atoms with Crippen LogP contribution in [0, 0.1) is 0 Å². The van der Waals surface area contributed by atoms with Gasteiger partial charge in [-0.15, -0.1) is 11.8 Å². The number of hydrogen-bond donors (Lipinski definition) is 1. The first-order chi connectivity index (χ1) is 2.50. The van der Waals surface area contributed by atoms with Crippen molar-refractivity contribution in [2.75, 3.05) is 18.2 Å². The van der Waals surface area contributed by atoms with Crippen molar-refractivity contribution in [3.8, 4) is 0 Å². The molecule has 0 spiro atoms. The summed E-state index contributed by atoms with van der Waals surface area (Å²) in [5, 5.41) is 3.19. The third kappa shape index (κ3) is 2.48. The van der Waals surface area contributed by atoms with Crippen LogP contribution in [0.2, 0.25) is 0 Å². The standard InChI is InChI=1S/C3H7NS.Na/c1-2-5-3-4-1;/h4H,1-3H2;/q;+1. The van der Waals surface area contributed by atoms with Crippen molar-refractivity contribution in [2.24, 2.45) is 0 Å². The second kappa shape index (κ2) is 4.47. The molecule has 6 heavy (non-hydrogen) atoms. The fourth-order valence-electron chi connectivity index (χ4n) is 0.361. The molecule has 1 heterocycles. The van der Waals surface area contributed by atoms with Crippen molar-refractivity contribution < 1.29 is 29.6 Å². The molecule has 1 aliphatic rings. The topological polar surface area (TPSA) is 12.0 Å². The van der Waals surface area contributed by atoms with Crippen LogP contribution in [0.25, 0.3) is 0 Å². The molecule has 1 N–H and O–H groups in total. The van der Waals surface area contributed by atoms with Crippen molar-refractivity contribution in [3.05, 3.63) is 0 Å². The Balaban J connectivity index is 0.000000250. The third-order valence-electron chi connectivity index (χ3n) is 0.627. The molecule has 0 aromatic heterocycles. The molecular weight excluding hydrogens is 105 g/mol. The van der Waals surface area contributed by atoms with Gasteiger partial charge in [0.2, 0.25) is 0 Å². The first kappa shape index (κ1) is 7.31. The monoisotopic (exact) mass is 112 g/mol. The van der Waals surface area contributed by atoms with Crippen LogP contribution in [0.1, 0.15) is 0 Å². The van der Waals surface area contributed by atoms with Gasteiger partial charge in [0.05, 0.1) is 0 Å². The van der Waals surface area contributed by atoms with Gasteiger partial charge in [0.1, 0.15) is 0 Å². The van der Waals surface area contributed by atoms with Gasteiger partial charge in [0.25, 0.3) is 0 Å². The third-order valence-corrected chi connectivity index (χ3v) is 1.53. The number of nitrogens with one attached hydrogen (secondary N) is 1. The van der Waals surface area contributed by atoms with Gasteiger partial charge in [-0.2, -0.15) is 0 Å². The van der Waals surface area contributed by atoms with E-state index in [-0.39, 0.29) is 29.6 Å². The van der Waals surface area contributed by atoms with E-state index in [1.54, 1.807) is 0 Å². The zero-order valence-corrected chi connectivity index (χ0v) is 6.85. The summed E-state index contributed by atoms with van der Waals surface area (Å²) >= 11 is 1.96. The predicted molar refractivity (Wildman–Crippen MR) is 25.3 cm³/mol. The maximum atomic E-state index is 3.19. The van der Waals surface area contributed by atoms with Crippen molar-refractivity contribution in [2.45, 2.75) is 0 Å². The van der Waals surface area contributed by atoms with Crippen molar-refractivity contribution in [3.63, 3.8) is 0 Å². The van der Waals surface area contributed by atoms with Crippen LogP contribution in [-0.4, -0.2) is 18.2 Å². The van der Waals surface area contributed by atoms with Crippen LogP contribution < -0.4 is 34.9 Å². The van der Waals surface area contributed by atoms with E-state index >= 15 is 0 Å². The maximum absolute atomic E-state index is 3.19. The Morgan fingerprint density at radius 1 is 1.50 bits per heavy atom. The van der Waals surface area contributed by atoms with Gasteiger partial charge in [-0.25, -0.2) is 0 Å². The summed E-state index contributed by atoms with van der Waals surface area (Å²) in [7, 11) is 0. The molecule has 0 saturated carbocycles. The molecule has 1 nitrogen and oxygen atoms in total. The first-order valence-electron chi connectivity index (χ1n) is 1.78. The number of rotatable bonds is 0. The molecule has 1 rings (SSSR count). The second-order valence-corrected chi connectivity index (χ2v) is 2.16. The quantitative estimate of drug-likeness (QED) is 0.342. The maximum Gasteiger partial charge on any atom is 1.00 e. The van der Waals surface area contributed by atoms with E-state index in [2.05, 4.69) is 5.32 Å². The molecule has 0 atom stereocenters. The normalized spacial score (nSPS) is 20.0. The molecule has 0 aromatic carbocycles. The van der Waals surface area contributed by atoms with Gasteiger partial charge in [-0.3, -0.25) is 0 Å². The van der Waals surface area contributed by atoms with E-state index in [1.165, 1.54) is 18.2 Å². The molecule has 0 radical (unpaired) electrons. The summed E-state index contributed by atoms with van der Waals surface area (Å²) in [6.45, 7) is 1.21. The van der Waals surface area contributed by atoms with Gasteiger partial charge >= 0.3 is 29.6 Å². The van der Waals surface area contributed by atoms with Gasteiger partial charge < -0.3 is 5.32 Å². The average Bonchev–Trinajstić information content (AvgIpc) is 1.76. The fraction of sp³-hybridized carbons (Fsp3) is 1.00. The zero-order chi connectivity index (χ0) is 3.54. The summed E-state index contributed by atoms with van der Waals surface area (Å²) in [5.74, 6) is 2.47. The van der Waals surface area contributed by atoms with Crippen LogP contribution in [0.3, 0.4) is 0 Å². The Morgan fingerprint density at radius 2 is 2.33 bits per heavy atom. The van der Waals surface area contributed by atoms with E-state index in [0.717, 1.165) is 0 Å². The summed E-state index contributed by atoms with van der Waals surface area (Å²) in [6.07, 6.45) is 0. The minimum Gasteiger partial charge on any atom is -0.307 e. The van der Waals surface area contributed by atoms with E-state index in [1.807, 2.05) is 11.8 Å². The molecular formula is C3H7NNaS+. The van der Waals surface area contributed by atoms with Crippen LogP contribution >= 0.6 is 11.8 Å². The molecule has 1 fully saturated rings. The second-order valence-electron chi connectivity index (χ2n) is 1.05. The van der Waals surface area contributed by atoms with E-state index < -0.39 is 0 Å². The summed E-state index contributed by atoms with van der Waals surface area (Å²) < 4.78 is 0. The van der Waals surface area contributed by atoms with Crippen LogP contribution in [-0.2, 0) is 0 Å². The average molecular weight is 112 g/mol. The van der Waals surface area contributed by atoms with Crippen molar-refractivity contribution >= 4 is 11.8 Å². The van der Waals surface area contributed by atoms with Gasteiger partial charge in [-0.1, -0.05) is 0 Å². The van der Waals surface area contributed by atoms with E-state index in [9.17, 15) is 0 Å². The summed E-state index contributed by atoms with van der Waals surface area (Å²) in [5.41, 5.74) is 0. The molecule has 1 aliphatic heterocycles. The predicted octanol–water partition coefficient (Wildman–Crippen LogP) is -2.72. The Bertz CT molecular complexity index is 22.4. The molecule has 0 aromatic rings. The minimum absolute atomic E-state index is 0. The molecule has 30 valence electrons. The fourth-order valence-corrected chi connectivity index (χ4v) is 1.08. The van der Waals surface area contributed by atoms with Crippen LogP contribution in [0.15, 0.2) is 0 Å². The van der Waals surface area contributed by atoms with E-state index in [0.29, 0.717) is 0 Å². The molecule has 1 saturated heterocycles. The first-order valence-corrected chi connectivity index (χ1v) is 2.94. The molecule has 0 aliphatic carbocycles. The van der Waals surface area contributed by atoms with E-state index in [4.69, 9.17) is 0 Å². The Kier molecular flexibility index (Phi) is 5.44. The Labute approximate surface area is 64.5 Å². The number of hydrogen-bond acceptors (Lipinski definition) is 2. The van der Waals surface area contributed by atoms with Gasteiger partial charge in [0.15, 0.2) is 0 Å². The van der Waals surface area contributed by atoms with Crippen molar-refractivity contribution in [1.82, 2.24) is 5.32 Å². The molecule has 0 amide bonds. The Morgan fingerprint density at radius 3 is 2.50 bits per heavy atom. The zero-order valence-electron chi connectivity index (χ0n) is 4.03. The van der Waals surface area contributed by atoms with Gasteiger partial charge in [0, 0.05) is 18.2 Å². The van der Waals surface area contributed by atoms with Crippen LogP contribution in [0.4, 0.5) is 0 Å². The van der Waals surface area contributed by atoms with Crippen molar-refractivity contribution in [1.29, 1.82) is 0 Å². The SMILES string of the molecule is C1CSCN1.[Na+]. The number of thioether (sulfide) groups is 1. The largest absolute Gasteiger partial charge is 1.00 e. The minimum atomic E-state index is 0. The van der Waals surface area contributed by atoms with Gasteiger partial charge in [-0.05, 0) is 0 Å². The van der Waals surface area contributed by atoms with Crippen LogP contribution in [0.5, 0.6) is 0 Å². The summed E-state index contributed by atoms with van der Waals surface area (Å²) in [6, 6.07) is 0. The molecule has 3 heteroatoms. The smallest absolute Gasteiger partial charge is 0.307 e. The molecule has 0 bridgehead atoms. The summed E-state index contributed by atoms with van der Waals surface area (Å²) in [4.78, 5) is 0.